The maximum Gasteiger partial charge on any atom is 0.273 e. The smallest absolute Gasteiger partial charge is 0.273 e. The number of rotatable bonds is 4. The third kappa shape index (κ3) is 3.36. The molecule has 0 fully saturated rings. The van der Waals surface area contributed by atoms with Crippen LogP contribution in [-0.2, 0) is 6.54 Å². The van der Waals surface area contributed by atoms with Crippen molar-refractivity contribution in [2.45, 2.75) is 19.9 Å². The van der Waals surface area contributed by atoms with Crippen molar-refractivity contribution in [2.24, 2.45) is 0 Å². The fourth-order valence-electron chi connectivity index (χ4n) is 1.69. The molecule has 1 amide bonds. The van der Waals surface area contributed by atoms with Gasteiger partial charge in [0.05, 0.1) is 10.7 Å². The summed E-state index contributed by atoms with van der Waals surface area (Å²) in [4.78, 5) is 12.2. The van der Waals surface area contributed by atoms with E-state index in [2.05, 4.69) is 26.3 Å². The van der Waals surface area contributed by atoms with Crippen LogP contribution in [0.15, 0.2) is 34.9 Å². The molecular weight excluding hydrogens is 330 g/mol. The fourth-order valence-corrected chi connectivity index (χ4v) is 2.41. The number of carbonyl (C=O) groups excluding carboxylic acids is 1. The molecule has 1 heterocycles. The van der Waals surface area contributed by atoms with Crippen molar-refractivity contribution in [3.63, 3.8) is 0 Å². The number of benzene rings is 1. The van der Waals surface area contributed by atoms with Gasteiger partial charge in [-0.2, -0.15) is 5.10 Å². The lowest BCUT2D eigenvalue weighted by molar-refractivity contribution is 0.101. The molecule has 0 saturated heterocycles. The molecule has 4 nitrogen and oxygen atoms in total. The van der Waals surface area contributed by atoms with Crippen LogP contribution in [0.4, 0.5) is 5.69 Å². The first-order chi connectivity index (χ1) is 9.11. The van der Waals surface area contributed by atoms with Gasteiger partial charge in [-0.05, 0) is 30.7 Å². The molecule has 1 aromatic carbocycles. The Morgan fingerprint density at radius 1 is 1.47 bits per heavy atom. The molecule has 0 unspecified atom stereocenters. The highest BCUT2D eigenvalue weighted by molar-refractivity contribution is 9.10. The van der Waals surface area contributed by atoms with Crippen LogP contribution in [0.3, 0.4) is 0 Å². The van der Waals surface area contributed by atoms with Crippen molar-refractivity contribution in [1.29, 1.82) is 0 Å². The van der Waals surface area contributed by atoms with Crippen LogP contribution in [0.1, 0.15) is 23.8 Å². The molecule has 0 aliphatic carbocycles. The van der Waals surface area contributed by atoms with Crippen molar-refractivity contribution in [1.82, 2.24) is 9.78 Å². The number of anilines is 1. The number of halogens is 2. The van der Waals surface area contributed by atoms with E-state index in [1.54, 1.807) is 29.1 Å². The number of aromatic nitrogens is 2. The Morgan fingerprint density at radius 2 is 2.26 bits per heavy atom. The van der Waals surface area contributed by atoms with Gasteiger partial charge in [0.15, 0.2) is 0 Å². The summed E-state index contributed by atoms with van der Waals surface area (Å²) in [6.07, 6.45) is 2.54. The van der Waals surface area contributed by atoms with Crippen molar-refractivity contribution in [3.8, 4) is 0 Å². The average Bonchev–Trinajstić information content (AvgIpc) is 2.81. The third-order valence-electron chi connectivity index (χ3n) is 2.56. The molecule has 1 aromatic heterocycles. The van der Waals surface area contributed by atoms with Crippen molar-refractivity contribution >= 4 is 39.1 Å². The molecule has 0 atom stereocenters. The van der Waals surface area contributed by atoms with E-state index >= 15 is 0 Å². The van der Waals surface area contributed by atoms with E-state index in [1.165, 1.54) is 0 Å². The van der Waals surface area contributed by atoms with Gasteiger partial charge in [0, 0.05) is 17.2 Å². The van der Waals surface area contributed by atoms with Crippen LogP contribution >= 0.6 is 27.5 Å². The number of nitrogens with zero attached hydrogens (tertiary/aromatic N) is 2. The van der Waals surface area contributed by atoms with E-state index in [-0.39, 0.29) is 5.91 Å². The first-order valence-electron chi connectivity index (χ1n) is 5.90. The number of hydrogen-bond donors (Lipinski definition) is 1. The lowest BCUT2D eigenvalue weighted by Gasteiger charge is -2.09. The predicted molar refractivity (Wildman–Crippen MR) is 79.6 cm³/mol. The number of carbonyl (C=O) groups is 1. The van der Waals surface area contributed by atoms with Gasteiger partial charge in [-0.1, -0.05) is 34.5 Å². The molecule has 0 spiro atoms. The minimum Gasteiger partial charge on any atom is -0.319 e. The molecule has 19 heavy (non-hydrogen) atoms. The Hall–Kier alpha value is -1.33. The largest absolute Gasteiger partial charge is 0.319 e. The zero-order valence-electron chi connectivity index (χ0n) is 10.4. The van der Waals surface area contributed by atoms with E-state index in [9.17, 15) is 4.79 Å². The second-order valence-electron chi connectivity index (χ2n) is 4.02. The summed E-state index contributed by atoms with van der Waals surface area (Å²) in [5, 5.41) is 7.40. The van der Waals surface area contributed by atoms with Gasteiger partial charge in [-0.15, -0.1) is 0 Å². The Morgan fingerprint density at radius 3 is 2.95 bits per heavy atom. The Bertz CT molecular complexity index is 597. The monoisotopic (exact) mass is 341 g/mol. The molecule has 2 rings (SSSR count). The lowest BCUT2D eigenvalue weighted by atomic mass is 10.3. The molecule has 0 aliphatic heterocycles. The Labute approximate surface area is 124 Å². The van der Waals surface area contributed by atoms with E-state index in [0.717, 1.165) is 10.9 Å². The quantitative estimate of drug-likeness (QED) is 0.914. The number of amides is 1. The number of nitrogens with one attached hydrogen (secondary N) is 1. The zero-order valence-corrected chi connectivity index (χ0v) is 12.7. The molecular formula is C13H13BrClN3O. The van der Waals surface area contributed by atoms with Gasteiger partial charge >= 0.3 is 0 Å². The Kier molecular flexibility index (Phi) is 4.61. The fraction of sp³-hybridized carbons (Fsp3) is 0.231. The van der Waals surface area contributed by atoms with Crippen molar-refractivity contribution < 1.29 is 4.79 Å². The van der Waals surface area contributed by atoms with Gasteiger partial charge in [0.1, 0.15) is 5.69 Å². The Balaban J connectivity index is 2.18. The molecule has 100 valence electrons. The van der Waals surface area contributed by atoms with E-state index in [0.29, 0.717) is 22.9 Å². The van der Waals surface area contributed by atoms with Crippen LogP contribution in [0, 0.1) is 0 Å². The van der Waals surface area contributed by atoms with Gasteiger partial charge in [0.2, 0.25) is 0 Å². The summed E-state index contributed by atoms with van der Waals surface area (Å²) in [6, 6.07) is 7.01. The number of hydrogen-bond acceptors (Lipinski definition) is 2. The first-order valence-corrected chi connectivity index (χ1v) is 7.07. The normalized spacial score (nSPS) is 10.5. The summed E-state index contributed by atoms with van der Waals surface area (Å²) in [7, 11) is 0. The predicted octanol–water partition coefficient (Wildman–Crippen LogP) is 3.96. The van der Waals surface area contributed by atoms with Crippen LogP contribution in [0.2, 0.25) is 5.02 Å². The third-order valence-corrected chi connectivity index (χ3v) is 3.37. The van der Waals surface area contributed by atoms with Gasteiger partial charge in [0.25, 0.3) is 5.91 Å². The summed E-state index contributed by atoms with van der Waals surface area (Å²) < 4.78 is 2.55. The number of aryl methyl sites for hydroxylation is 1. The molecule has 0 bridgehead atoms. The molecule has 1 N–H and O–H groups in total. The highest BCUT2D eigenvalue weighted by Crippen LogP contribution is 2.26. The van der Waals surface area contributed by atoms with Crippen LogP contribution in [0.5, 0.6) is 0 Å². The summed E-state index contributed by atoms with van der Waals surface area (Å²) in [6.45, 7) is 2.75. The first kappa shape index (κ1) is 14.1. The van der Waals surface area contributed by atoms with E-state index in [1.807, 2.05) is 13.0 Å². The second-order valence-corrected chi connectivity index (χ2v) is 5.34. The van der Waals surface area contributed by atoms with E-state index < -0.39 is 0 Å². The van der Waals surface area contributed by atoms with Crippen molar-refractivity contribution in [2.75, 3.05) is 5.32 Å². The lowest BCUT2D eigenvalue weighted by Crippen LogP contribution is -2.18. The SMILES string of the molecule is CCCn1nccc1C(=O)Nc1ccc(Br)cc1Cl. The van der Waals surface area contributed by atoms with Crippen LogP contribution in [0.25, 0.3) is 0 Å². The highest BCUT2D eigenvalue weighted by Gasteiger charge is 2.13. The minimum atomic E-state index is -0.213. The minimum absolute atomic E-state index is 0.213. The van der Waals surface area contributed by atoms with Gasteiger partial charge < -0.3 is 5.32 Å². The molecule has 0 radical (unpaired) electrons. The standard InChI is InChI=1S/C13H13BrClN3O/c1-2-7-18-12(5-6-16-18)13(19)17-11-4-3-9(14)8-10(11)15/h3-6,8H,2,7H2,1H3,(H,17,19). The molecule has 6 heteroatoms. The molecule has 2 aromatic rings. The van der Waals surface area contributed by atoms with Gasteiger partial charge in [-0.25, -0.2) is 0 Å². The van der Waals surface area contributed by atoms with Crippen molar-refractivity contribution in [3.05, 3.63) is 45.7 Å². The maximum atomic E-state index is 12.2. The average molecular weight is 343 g/mol. The summed E-state index contributed by atoms with van der Waals surface area (Å²) in [5.41, 5.74) is 1.11. The van der Waals surface area contributed by atoms with Crippen LogP contribution in [-0.4, -0.2) is 15.7 Å². The van der Waals surface area contributed by atoms with Gasteiger partial charge in [-0.3, -0.25) is 9.48 Å². The molecule has 0 aliphatic rings. The highest BCUT2D eigenvalue weighted by atomic mass is 79.9. The second kappa shape index (κ2) is 6.21. The maximum absolute atomic E-state index is 12.2. The summed E-state index contributed by atoms with van der Waals surface area (Å²) >= 11 is 9.39. The van der Waals surface area contributed by atoms with E-state index in [4.69, 9.17) is 11.6 Å². The zero-order chi connectivity index (χ0) is 13.8. The van der Waals surface area contributed by atoms with Crippen LogP contribution < -0.4 is 5.32 Å². The topological polar surface area (TPSA) is 46.9 Å². The molecule has 0 saturated carbocycles. The summed E-state index contributed by atoms with van der Waals surface area (Å²) in [5.74, 6) is -0.213.